The van der Waals surface area contributed by atoms with E-state index in [9.17, 15) is 4.79 Å². The predicted molar refractivity (Wildman–Crippen MR) is 111 cm³/mol. The van der Waals surface area contributed by atoms with Crippen molar-refractivity contribution in [1.82, 2.24) is 14.9 Å². The SMILES string of the molecule is Cc1ccc2c(Nc3ccccc3)c(C(=O)N3CCCCC3)cnc2n1.Cl. The van der Waals surface area contributed by atoms with E-state index in [0.29, 0.717) is 11.2 Å². The molecule has 0 radical (unpaired) electrons. The van der Waals surface area contributed by atoms with Gasteiger partial charge in [0.1, 0.15) is 0 Å². The summed E-state index contributed by atoms with van der Waals surface area (Å²) < 4.78 is 0. The van der Waals surface area contributed by atoms with Crippen LogP contribution in [0, 0.1) is 6.92 Å². The summed E-state index contributed by atoms with van der Waals surface area (Å²) in [6.45, 7) is 3.57. The molecule has 0 spiro atoms. The first kappa shape index (κ1) is 19.1. The molecule has 1 saturated heterocycles. The molecule has 4 rings (SSSR count). The minimum atomic E-state index is 0. The van der Waals surface area contributed by atoms with E-state index in [4.69, 9.17) is 0 Å². The van der Waals surface area contributed by atoms with Gasteiger partial charge in [-0.2, -0.15) is 0 Å². The maximum absolute atomic E-state index is 13.1. The molecule has 27 heavy (non-hydrogen) atoms. The number of benzene rings is 1. The maximum atomic E-state index is 13.1. The van der Waals surface area contributed by atoms with Crippen molar-refractivity contribution < 1.29 is 4.79 Å². The van der Waals surface area contributed by atoms with Crippen molar-refractivity contribution in [2.45, 2.75) is 26.2 Å². The van der Waals surface area contributed by atoms with Crippen molar-refractivity contribution in [3.63, 3.8) is 0 Å². The van der Waals surface area contributed by atoms with Crippen molar-refractivity contribution >= 4 is 40.7 Å². The first-order valence-electron chi connectivity index (χ1n) is 9.10. The number of nitrogens with zero attached hydrogens (tertiary/aromatic N) is 3. The second-order valence-corrected chi connectivity index (χ2v) is 6.71. The van der Waals surface area contributed by atoms with Crippen LogP contribution in [0.2, 0.25) is 0 Å². The quantitative estimate of drug-likeness (QED) is 0.711. The molecule has 1 aliphatic heterocycles. The molecule has 1 amide bonds. The third-order valence-corrected chi connectivity index (χ3v) is 4.79. The summed E-state index contributed by atoms with van der Waals surface area (Å²) in [5, 5.41) is 4.29. The number of fused-ring (bicyclic) bond motifs is 1. The number of hydrogen-bond acceptors (Lipinski definition) is 4. The van der Waals surface area contributed by atoms with E-state index >= 15 is 0 Å². The summed E-state index contributed by atoms with van der Waals surface area (Å²) in [7, 11) is 0. The average Bonchev–Trinajstić information content (AvgIpc) is 2.69. The molecule has 1 N–H and O–H groups in total. The number of aryl methyl sites for hydroxylation is 1. The average molecular weight is 383 g/mol. The lowest BCUT2D eigenvalue weighted by molar-refractivity contribution is 0.0725. The lowest BCUT2D eigenvalue weighted by Gasteiger charge is -2.27. The maximum Gasteiger partial charge on any atom is 0.257 e. The molecular formula is C21H23ClN4O. The zero-order valence-electron chi connectivity index (χ0n) is 15.3. The zero-order valence-corrected chi connectivity index (χ0v) is 16.1. The van der Waals surface area contributed by atoms with Crippen LogP contribution in [0.25, 0.3) is 11.0 Å². The van der Waals surface area contributed by atoms with Crippen LogP contribution in [0.4, 0.5) is 11.4 Å². The third kappa shape index (κ3) is 4.03. The Morgan fingerprint density at radius 3 is 2.52 bits per heavy atom. The molecule has 1 aliphatic rings. The molecule has 3 heterocycles. The van der Waals surface area contributed by atoms with Gasteiger partial charge < -0.3 is 10.2 Å². The van der Waals surface area contributed by atoms with Crippen molar-refractivity contribution in [3.8, 4) is 0 Å². The van der Waals surface area contributed by atoms with Gasteiger partial charge in [0.25, 0.3) is 5.91 Å². The zero-order chi connectivity index (χ0) is 17.9. The summed E-state index contributed by atoms with van der Waals surface area (Å²) in [6, 6.07) is 13.8. The standard InChI is InChI=1S/C21H22N4O.ClH/c1-15-10-11-17-19(24-16-8-4-2-5-9-16)18(14-22-20(17)23-15)21(26)25-12-6-3-7-13-25;/h2,4-5,8-11,14H,3,6-7,12-13H2,1H3,(H,22,23,24);1H. The fourth-order valence-corrected chi connectivity index (χ4v) is 3.40. The molecular weight excluding hydrogens is 360 g/mol. The van der Waals surface area contributed by atoms with Crippen molar-refractivity contribution in [1.29, 1.82) is 0 Å². The smallest absolute Gasteiger partial charge is 0.257 e. The number of nitrogens with one attached hydrogen (secondary N) is 1. The summed E-state index contributed by atoms with van der Waals surface area (Å²) in [5.41, 5.74) is 3.89. The van der Waals surface area contributed by atoms with Gasteiger partial charge in [-0.05, 0) is 50.5 Å². The Bertz CT molecular complexity index is 940. The molecule has 0 aliphatic carbocycles. The number of halogens is 1. The van der Waals surface area contributed by atoms with Gasteiger partial charge in [0, 0.05) is 36.1 Å². The lowest BCUT2D eigenvalue weighted by Crippen LogP contribution is -2.36. The monoisotopic (exact) mass is 382 g/mol. The molecule has 1 aromatic carbocycles. The molecule has 2 aromatic heterocycles. The number of hydrogen-bond donors (Lipinski definition) is 1. The largest absolute Gasteiger partial charge is 0.354 e. The highest BCUT2D eigenvalue weighted by Gasteiger charge is 2.23. The van der Waals surface area contributed by atoms with Crippen molar-refractivity contribution in [2.75, 3.05) is 18.4 Å². The molecule has 0 bridgehead atoms. The Morgan fingerprint density at radius 1 is 1.04 bits per heavy atom. The molecule has 1 fully saturated rings. The highest BCUT2D eigenvalue weighted by Crippen LogP contribution is 2.30. The van der Waals surface area contributed by atoms with E-state index in [2.05, 4.69) is 15.3 Å². The molecule has 0 unspecified atom stereocenters. The molecule has 3 aromatic rings. The first-order valence-corrected chi connectivity index (χ1v) is 9.10. The lowest BCUT2D eigenvalue weighted by atomic mass is 10.1. The number of amides is 1. The second-order valence-electron chi connectivity index (χ2n) is 6.71. The minimum absolute atomic E-state index is 0. The highest BCUT2D eigenvalue weighted by molar-refractivity contribution is 6.07. The van der Waals surface area contributed by atoms with Gasteiger partial charge in [-0.1, -0.05) is 18.2 Å². The van der Waals surface area contributed by atoms with Gasteiger partial charge in [-0.15, -0.1) is 12.4 Å². The van der Waals surface area contributed by atoms with Gasteiger partial charge in [-0.3, -0.25) is 4.79 Å². The Morgan fingerprint density at radius 2 is 1.78 bits per heavy atom. The van der Waals surface area contributed by atoms with E-state index < -0.39 is 0 Å². The number of piperidine rings is 1. The van der Waals surface area contributed by atoms with Gasteiger partial charge in [0.15, 0.2) is 5.65 Å². The number of rotatable bonds is 3. The van der Waals surface area contributed by atoms with Crippen LogP contribution < -0.4 is 5.32 Å². The van der Waals surface area contributed by atoms with Crippen LogP contribution in [-0.2, 0) is 0 Å². The second kappa shape index (κ2) is 8.35. The predicted octanol–water partition coefficient (Wildman–Crippen LogP) is 4.73. The van der Waals surface area contributed by atoms with Crippen LogP contribution in [0.5, 0.6) is 0 Å². The molecule has 140 valence electrons. The fourth-order valence-electron chi connectivity index (χ4n) is 3.40. The van der Waals surface area contributed by atoms with Crippen LogP contribution in [0.1, 0.15) is 35.3 Å². The number of para-hydroxylation sites is 1. The summed E-state index contributed by atoms with van der Waals surface area (Å²) in [5.74, 6) is 0.0399. The van der Waals surface area contributed by atoms with Gasteiger partial charge in [0.05, 0.1) is 11.3 Å². The van der Waals surface area contributed by atoms with Crippen molar-refractivity contribution in [3.05, 3.63) is 59.9 Å². The van der Waals surface area contributed by atoms with E-state index in [0.717, 1.165) is 48.4 Å². The van der Waals surface area contributed by atoms with E-state index in [1.54, 1.807) is 6.20 Å². The normalized spacial score (nSPS) is 13.9. The Labute approximate surface area is 165 Å². The van der Waals surface area contributed by atoms with E-state index in [-0.39, 0.29) is 18.3 Å². The Balaban J connectivity index is 0.00000210. The molecule has 6 heteroatoms. The van der Waals surface area contributed by atoms with Crippen molar-refractivity contribution in [2.24, 2.45) is 0 Å². The van der Waals surface area contributed by atoms with E-state index in [1.165, 1.54) is 6.42 Å². The number of anilines is 2. The van der Waals surface area contributed by atoms with Gasteiger partial charge in [0.2, 0.25) is 0 Å². The molecule has 0 atom stereocenters. The number of carbonyl (C=O) groups excluding carboxylic acids is 1. The van der Waals surface area contributed by atoms with Gasteiger partial charge >= 0.3 is 0 Å². The summed E-state index contributed by atoms with van der Waals surface area (Å²) >= 11 is 0. The van der Waals surface area contributed by atoms with Crippen LogP contribution >= 0.6 is 12.4 Å². The van der Waals surface area contributed by atoms with Gasteiger partial charge in [-0.25, -0.2) is 9.97 Å². The minimum Gasteiger partial charge on any atom is -0.354 e. The number of carbonyl (C=O) groups is 1. The van der Waals surface area contributed by atoms with E-state index in [1.807, 2.05) is 54.3 Å². The summed E-state index contributed by atoms with van der Waals surface area (Å²) in [4.78, 5) is 24.1. The summed E-state index contributed by atoms with van der Waals surface area (Å²) in [6.07, 6.45) is 4.99. The Hall–Kier alpha value is -2.66. The highest BCUT2D eigenvalue weighted by atomic mass is 35.5. The molecule has 5 nitrogen and oxygen atoms in total. The molecule has 0 saturated carbocycles. The topological polar surface area (TPSA) is 58.1 Å². The Kier molecular flexibility index (Phi) is 5.91. The van der Waals surface area contributed by atoms with Crippen LogP contribution in [0.3, 0.4) is 0 Å². The number of likely N-dealkylation sites (tertiary alicyclic amines) is 1. The number of pyridine rings is 2. The number of aromatic nitrogens is 2. The fraction of sp³-hybridized carbons (Fsp3) is 0.286. The third-order valence-electron chi connectivity index (χ3n) is 4.79. The van der Waals surface area contributed by atoms with Crippen LogP contribution in [0.15, 0.2) is 48.7 Å². The van der Waals surface area contributed by atoms with Crippen LogP contribution in [-0.4, -0.2) is 33.9 Å². The first-order chi connectivity index (χ1) is 12.7.